The third kappa shape index (κ3) is 3.88. The summed E-state index contributed by atoms with van der Waals surface area (Å²) in [4.78, 5) is 0.827. The predicted molar refractivity (Wildman–Crippen MR) is 110 cm³/mol. The summed E-state index contributed by atoms with van der Waals surface area (Å²) in [5.74, 6) is 1.13. The summed E-state index contributed by atoms with van der Waals surface area (Å²) >= 11 is 1.51. The smallest absolute Gasteiger partial charge is 0.193 e. The fraction of sp³-hybridized carbons (Fsp3) is 0.700. The van der Waals surface area contributed by atoms with E-state index in [-0.39, 0.29) is 17.2 Å². The van der Waals surface area contributed by atoms with Gasteiger partial charge >= 0.3 is 0 Å². The molecule has 1 aliphatic rings. The van der Waals surface area contributed by atoms with Gasteiger partial charge < -0.3 is 19.0 Å². The maximum absolute atomic E-state index is 11.7. The van der Waals surface area contributed by atoms with Gasteiger partial charge in [0.15, 0.2) is 25.4 Å². The van der Waals surface area contributed by atoms with Crippen LogP contribution in [0.3, 0.4) is 0 Å². The zero-order valence-electron chi connectivity index (χ0n) is 17.5. The fourth-order valence-corrected chi connectivity index (χ4v) is 4.70. The van der Waals surface area contributed by atoms with E-state index in [1.165, 1.54) is 11.3 Å². The molecule has 0 fully saturated rings. The first-order valence-electron chi connectivity index (χ1n) is 9.33. The molecule has 6 heteroatoms. The first-order valence-corrected chi connectivity index (χ1v) is 13.1. The highest BCUT2D eigenvalue weighted by molar-refractivity contribution is 7.10. The maximum Gasteiger partial charge on any atom is 0.193 e. The van der Waals surface area contributed by atoms with Crippen LogP contribution in [0.25, 0.3) is 0 Å². The Morgan fingerprint density at radius 2 is 1.69 bits per heavy atom. The second-order valence-corrected chi connectivity index (χ2v) is 14.7. The van der Waals surface area contributed by atoms with Crippen LogP contribution in [0, 0.1) is 0 Å². The molecule has 0 saturated carbocycles. The van der Waals surface area contributed by atoms with Crippen LogP contribution in [0.4, 0.5) is 0 Å². The summed E-state index contributed by atoms with van der Waals surface area (Å²) < 4.78 is 18.7. The average molecular weight is 399 g/mol. The summed E-state index contributed by atoms with van der Waals surface area (Å²) in [6, 6.07) is 3.87. The molecule has 0 radical (unpaired) electrons. The molecule has 1 heterocycles. The van der Waals surface area contributed by atoms with Gasteiger partial charge in [-0.05, 0) is 57.3 Å². The minimum Gasteiger partial charge on any atom is -0.489 e. The Hall–Kier alpha value is -0.823. The van der Waals surface area contributed by atoms with E-state index in [0.717, 1.165) is 4.88 Å². The van der Waals surface area contributed by atoms with Crippen LogP contribution in [-0.4, -0.2) is 31.7 Å². The van der Waals surface area contributed by atoms with E-state index in [9.17, 15) is 5.11 Å². The molecule has 0 bridgehead atoms. The Labute approximate surface area is 163 Å². The molecule has 2 rings (SSSR count). The van der Waals surface area contributed by atoms with Gasteiger partial charge in [0.2, 0.25) is 0 Å². The summed E-state index contributed by atoms with van der Waals surface area (Å²) in [7, 11) is -2.13. The molecule has 0 saturated heterocycles. The lowest BCUT2D eigenvalue weighted by Crippen LogP contribution is -2.59. The average Bonchev–Trinajstić information content (AvgIpc) is 3.01. The van der Waals surface area contributed by atoms with Gasteiger partial charge in [0.1, 0.15) is 6.10 Å². The highest BCUT2D eigenvalue weighted by Crippen LogP contribution is 2.53. The largest absolute Gasteiger partial charge is 0.489 e. The number of thiophene rings is 1. The lowest BCUT2D eigenvalue weighted by atomic mass is 9.79. The third-order valence-corrected chi connectivity index (χ3v) is 10.5. The third-order valence-electron chi connectivity index (χ3n) is 5.02. The van der Waals surface area contributed by atoms with Crippen LogP contribution >= 0.6 is 11.3 Å². The van der Waals surface area contributed by atoms with E-state index in [1.807, 2.05) is 45.2 Å². The van der Waals surface area contributed by atoms with Crippen LogP contribution in [0.2, 0.25) is 18.1 Å². The second kappa shape index (κ2) is 7.30. The van der Waals surface area contributed by atoms with Crippen LogP contribution in [0.1, 0.15) is 53.3 Å². The minimum absolute atomic E-state index is 0.0193. The Balaban J connectivity index is 2.52. The van der Waals surface area contributed by atoms with Gasteiger partial charge in [-0.3, -0.25) is 0 Å². The topological polar surface area (TPSA) is 47.9 Å². The minimum atomic E-state index is -2.13. The van der Waals surface area contributed by atoms with Crippen molar-refractivity contribution in [1.82, 2.24) is 0 Å². The van der Waals surface area contributed by atoms with Crippen LogP contribution in [0.5, 0.6) is 0 Å². The molecule has 1 aliphatic carbocycles. The molecular weight excluding hydrogens is 364 g/mol. The summed E-state index contributed by atoms with van der Waals surface area (Å²) in [5, 5.41) is 13.7. The molecule has 1 aromatic heterocycles. The van der Waals surface area contributed by atoms with Gasteiger partial charge in [-0.15, -0.1) is 11.3 Å². The Morgan fingerprint density at radius 3 is 2.12 bits per heavy atom. The lowest BCUT2D eigenvalue weighted by Gasteiger charge is -2.51. The van der Waals surface area contributed by atoms with Crippen molar-refractivity contribution in [2.24, 2.45) is 0 Å². The van der Waals surface area contributed by atoms with Crippen molar-refractivity contribution in [2.45, 2.75) is 90.5 Å². The Kier molecular flexibility index (Phi) is 6.03. The van der Waals surface area contributed by atoms with Crippen LogP contribution < -0.4 is 0 Å². The molecule has 4 nitrogen and oxygen atoms in total. The normalized spacial score (nSPS) is 24.2. The SMILES string of the molecule is CC(C)OC1=C(OC(C)C)C(O)(c2cccs2)C1O[Si](C)(C)C(C)(C)C. The maximum atomic E-state index is 11.7. The monoisotopic (exact) mass is 398 g/mol. The van der Waals surface area contributed by atoms with Gasteiger partial charge in [0, 0.05) is 4.88 Å². The van der Waals surface area contributed by atoms with E-state index >= 15 is 0 Å². The highest BCUT2D eigenvalue weighted by atomic mass is 32.1. The zero-order chi connectivity index (χ0) is 19.9. The molecule has 0 aromatic carbocycles. The zero-order valence-corrected chi connectivity index (χ0v) is 19.4. The number of rotatable bonds is 7. The van der Waals surface area contributed by atoms with E-state index < -0.39 is 20.0 Å². The van der Waals surface area contributed by atoms with Crippen molar-refractivity contribution in [3.63, 3.8) is 0 Å². The number of hydrogen-bond donors (Lipinski definition) is 1. The number of hydrogen-bond acceptors (Lipinski definition) is 5. The predicted octanol–water partition coefficient (Wildman–Crippen LogP) is 5.40. The van der Waals surface area contributed by atoms with Gasteiger partial charge in [-0.2, -0.15) is 0 Å². The molecule has 26 heavy (non-hydrogen) atoms. The van der Waals surface area contributed by atoms with Gasteiger partial charge in [-0.25, -0.2) is 0 Å². The number of ether oxygens (including phenoxy) is 2. The van der Waals surface area contributed by atoms with Crippen molar-refractivity contribution in [3.05, 3.63) is 33.9 Å². The molecule has 2 unspecified atom stereocenters. The van der Waals surface area contributed by atoms with E-state index in [2.05, 4.69) is 33.9 Å². The Morgan fingerprint density at radius 1 is 1.12 bits per heavy atom. The molecule has 0 amide bonds. The first-order chi connectivity index (χ1) is 11.8. The summed E-state index contributed by atoms with van der Waals surface area (Å²) in [5.41, 5.74) is -1.29. The van der Waals surface area contributed by atoms with Crippen molar-refractivity contribution in [3.8, 4) is 0 Å². The van der Waals surface area contributed by atoms with Crippen molar-refractivity contribution in [1.29, 1.82) is 0 Å². The van der Waals surface area contributed by atoms with Gasteiger partial charge in [0.25, 0.3) is 0 Å². The van der Waals surface area contributed by atoms with E-state index in [4.69, 9.17) is 13.9 Å². The molecule has 148 valence electrons. The molecular formula is C20H34O4SSi. The van der Waals surface area contributed by atoms with Crippen molar-refractivity contribution < 1.29 is 19.0 Å². The summed E-state index contributed by atoms with van der Waals surface area (Å²) in [6.45, 7) is 18.8. The summed E-state index contributed by atoms with van der Waals surface area (Å²) in [6.07, 6.45) is -0.622. The molecule has 1 N–H and O–H groups in total. The van der Waals surface area contributed by atoms with E-state index in [1.54, 1.807) is 0 Å². The molecule has 1 aromatic rings. The highest BCUT2D eigenvalue weighted by Gasteiger charge is 2.62. The number of aliphatic hydroxyl groups is 1. The lowest BCUT2D eigenvalue weighted by molar-refractivity contribution is -0.144. The second-order valence-electron chi connectivity index (χ2n) is 9.03. The Bertz CT molecular complexity index is 643. The van der Waals surface area contributed by atoms with Gasteiger partial charge in [0.05, 0.1) is 12.2 Å². The fourth-order valence-electron chi connectivity index (χ4n) is 2.64. The van der Waals surface area contributed by atoms with E-state index in [0.29, 0.717) is 11.5 Å². The molecule has 0 spiro atoms. The van der Waals surface area contributed by atoms with Crippen molar-refractivity contribution in [2.75, 3.05) is 0 Å². The molecule has 0 aliphatic heterocycles. The quantitative estimate of drug-likeness (QED) is 0.625. The van der Waals surface area contributed by atoms with Crippen LogP contribution in [0.15, 0.2) is 29.0 Å². The van der Waals surface area contributed by atoms with Gasteiger partial charge in [-0.1, -0.05) is 26.8 Å². The molecule has 2 atom stereocenters. The van der Waals surface area contributed by atoms with Crippen LogP contribution in [-0.2, 0) is 19.5 Å². The van der Waals surface area contributed by atoms with Crippen molar-refractivity contribution >= 4 is 19.7 Å². The standard InChI is InChI=1S/C20H34O4SSi/c1-13(2)22-16-17(23-14(3)4)20(21,15-11-10-12-25-15)18(16)24-26(8,9)19(5,6)7/h10-14,18,21H,1-9H3. The first kappa shape index (κ1) is 21.5.